The molecule has 2 nitrogen and oxygen atoms in total. The number of amidine groups is 1. The van der Waals surface area contributed by atoms with E-state index in [9.17, 15) is 0 Å². The molecule has 0 aliphatic carbocycles. The van der Waals surface area contributed by atoms with Crippen molar-refractivity contribution in [2.45, 2.75) is 6.92 Å². The zero-order valence-electron chi connectivity index (χ0n) is 5.64. The van der Waals surface area contributed by atoms with Crippen LogP contribution in [-0.4, -0.2) is 18.0 Å². The van der Waals surface area contributed by atoms with Gasteiger partial charge >= 0.3 is 0 Å². The van der Waals surface area contributed by atoms with Crippen molar-refractivity contribution in [1.82, 2.24) is 5.32 Å². The Morgan fingerprint density at radius 2 is 2.56 bits per heavy atom. The van der Waals surface area contributed by atoms with Crippen molar-refractivity contribution in [3.8, 4) is 0 Å². The maximum Gasteiger partial charge on any atom is 0.160 e. The molecule has 9 heavy (non-hydrogen) atoms. The van der Waals surface area contributed by atoms with Crippen LogP contribution < -0.4 is 5.32 Å². The highest BCUT2D eigenvalue weighted by Crippen LogP contribution is 2.09. The molecular formula is C6H10N2S. The van der Waals surface area contributed by atoms with Crippen LogP contribution in [0.4, 0.5) is 0 Å². The van der Waals surface area contributed by atoms with Crippen molar-refractivity contribution in [2.24, 2.45) is 4.99 Å². The third kappa shape index (κ3) is 1.75. The minimum absolute atomic E-state index is 1.02. The molecule has 1 rings (SSSR count). The van der Waals surface area contributed by atoms with Crippen LogP contribution in [0.2, 0.25) is 0 Å². The lowest BCUT2D eigenvalue weighted by atomic mass is 10.4. The van der Waals surface area contributed by atoms with Gasteiger partial charge < -0.3 is 5.32 Å². The van der Waals surface area contributed by atoms with Crippen molar-refractivity contribution in [3.63, 3.8) is 0 Å². The lowest BCUT2D eigenvalue weighted by Crippen LogP contribution is -2.21. The highest BCUT2D eigenvalue weighted by atomic mass is 32.2. The number of nitrogens with one attached hydrogen (secondary N) is 1. The first-order valence-electron chi connectivity index (χ1n) is 2.86. The van der Waals surface area contributed by atoms with Crippen LogP contribution in [-0.2, 0) is 0 Å². The Balaban J connectivity index is 2.59. The molecule has 0 spiro atoms. The Bertz CT molecular complexity index is 160. The lowest BCUT2D eigenvalue weighted by Gasteiger charge is -2.12. The molecule has 0 saturated carbocycles. The van der Waals surface area contributed by atoms with E-state index in [4.69, 9.17) is 0 Å². The molecule has 0 saturated heterocycles. The Kier molecular flexibility index (Phi) is 2.16. The number of hydrogen-bond donors (Lipinski definition) is 1. The van der Waals surface area contributed by atoms with Gasteiger partial charge in [-0.05, 0) is 6.92 Å². The van der Waals surface area contributed by atoms with Crippen LogP contribution in [0.25, 0.3) is 0 Å². The second-order valence-corrected chi connectivity index (χ2v) is 2.86. The van der Waals surface area contributed by atoms with Crippen LogP contribution in [0, 0.1) is 0 Å². The fraction of sp³-hybridized carbons (Fsp3) is 0.500. The summed E-state index contributed by atoms with van der Waals surface area (Å²) in [5, 5.41) is 4.16. The molecule has 1 aliphatic heterocycles. The molecule has 0 aromatic rings. The van der Waals surface area contributed by atoms with Gasteiger partial charge in [-0.1, -0.05) is 17.8 Å². The Hall–Kier alpha value is -0.440. The monoisotopic (exact) mass is 142 g/mol. The highest BCUT2D eigenvalue weighted by molar-refractivity contribution is 8.14. The SMILES string of the molecule is CN=C1NC(C)=CCS1. The summed E-state index contributed by atoms with van der Waals surface area (Å²) in [6.07, 6.45) is 2.15. The summed E-state index contributed by atoms with van der Waals surface area (Å²) in [5.74, 6) is 1.05. The maximum absolute atomic E-state index is 4.03. The smallest absolute Gasteiger partial charge is 0.160 e. The second kappa shape index (κ2) is 2.92. The highest BCUT2D eigenvalue weighted by Gasteiger charge is 2.02. The fourth-order valence-electron chi connectivity index (χ4n) is 0.622. The maximum atomic E-state index is 4.03. The molecule has 0 unspecified atom stereocenters. The molecule has 3 heteroatoms. The van der Waals surface area contributed by atoms with Crippen molar-refractivity contribution >= 4 is 16.9 Å². The van der Waals surface area contributed by atoms with E-state index in [-0.39, 0.29) is 0 Å². The van der Waals surface area contributed by atoms with Crippen LogP contribution >= 0.6 is 11.8 Å². The van der Waals surface area contributed by atoms with Gasteiger partial charge in [0.25, 0.3) is 0 Å². The standard InChI is InChI=1S/C6H10N2S/c1-5-3-4-9-6(7-2)8-5/h3H,4H2,1-2H3,(H,7,8). The summed E-state index contributed by atoms with van der Waals surface area (Å²) in [5.41, 5.74) is 1.20. The zero-order chi connectivity index (χ0) is 6.69. The van der Waals surface area contributed by atoms with Gasteiger partial charge in [-0.15, -0.1) is 0 Å². The Morgan fingerprint density at radius 3 is 3.00 bits per heavy atom. The largest absolute Gasteiger partial charge is 0.339 e. The molecule has 1 N–H and O–H groups in total. The van der Waals surface area contributed by atoms with Gasteiger partial charge in [0.15, 0.2) is 5.17 Å². The van der Waals surface area contributed by atoms with E-state index in [1.165, 1.54) is 5.70 Å². The normalized spacial score (nSPS) is 23.3. The predicted molar refractivity (Wildman–Crippen MR) is 42.7 cm³/mol. The number of allylic oxidation sites excluding steroid dienone is 1. The summed E-state index contributed by atoms with van der Waals surface area (Å²) in [7, 11) is 1.80. The summed E-state index contributed by atoms with van der Waals surface area (Å²) in [6, 6.07) is 0. The number of rotatable bonds is 0. The van der Waals surface area contributed by atoms with Gasteiger partial charge in [-0.25, -0.2) is 0 Å². The number of hydrogen-bond acceptors (Lipinski definition) is 2. The summed E-state index contributed by atoms with van der Waals surface area (Å²) in [4.78, 5) is 4.03. The van der Waals surface area contributed by atoms with Crippen LogP contribution in [0.1, 0.15) is 6.92 Å². The van der Waals surface area contributed by atoms with Gasteiger partial charge in [-0.2, -0.15) is 0 Å². The van der Waals surface area contributed by atoms with E-state index < -0.39 is 0 Å². The molecule has 0 atom stereocenters. The molecule has 1 heterocycles. The van der Waals surface area contributed by atoms with E-state index >= 15 is 0 Å². The third-order valence-electron chi connectivity index (χ3n) is 1.12. The summed E-state index contributed by atoms with van der Waals surface area (Å²) < 4.78 is 0. The molecule has 1 aliphatic rings. The first-order chi connectivity index (χ1) is 4.33. The summed E-state index contributed by atoms with van der Waals surface area (Å²) >= 11 is 1.73. The third-order valence-corrected chi connectivity index (χ3v) is 2.01. The minimum Gasteiger partial charge on any atom is -0.339 e. The molecular weight excluding hydrogens is 132 g/mol. The first kappa shape index (κ1) is 6.68. The first-order valence-corrected chi connectivity index (χ1v) is 3.85. The van der Waals surface area contributed by atoms with E-state index in [0.29, 0.717) is 0 Å². The number of aliphatic imine (C=N–C) groups is 1. The fourth-order valence-corrected chi connectivity index (χ4v) is 1.48. The molecule has 0 aromatic carbocycles. The molecule has 0 fully saturated rings. The summed E-state index contributed by atoms with van der Waals surface area (Å²) in [6.45, 7) is 2.05. The van der Waals surface area contributed by atoms with Crippen LogP contribution in [0.3, 0.4) is 0 Å². The topological polar surface area (TPSA) is 24.4 Å². The van der Waals surface area contributed by atoms with Crippen molar-refractivity contribution in [3.05, 3.63) is 11.8 Å². The van der Waals surface area contributed by atoms with Crippen LogP contribution in [0.15, 0.2) is 16.8 Å². The van der Waals surface area contributed by atoms with Crippen molar-refractivity contribution in [2.75, 3.05) is 12.8 Å². The van der Waals surface area contributed by atoms with Crippen molar-refractivity contribution in [1.29, 1.82) is 0 Å². The van der Waals surface area contributed by atoms with E-state index in [0.717, 1.165) is 10.9 Å². The van der Waals surface area contributed by atoms with Gasteiger partial charge in [0, 0.05) is 18.5 Å². The van der Waals surface area contributed by atoms with Crippen LogP contribution in [0.5, 0.6) is 0 Å². The van der Waals surface area contributed by atoms with E-state index in [1.54, 1.807) is 18.8 Å². The quantitative estimate of drug-likeness (QED) is 0.550. The molecule has 0 aromatic heterocycles. The lowest BCUT2D eigenvalue weighted by molar-refractivity contribution is 1.11. The zero-order valence-corrected chi connectivity index (χ0v) is 6.46. The van der Waals surface area contributed by atoms with Gasteiger partial charge in [0.05, 0.1) is 0 Å². The molecule has 0 radical (unpaired) electrons. The Morgan fingerprint density at radius 1 is 1.78 bits per heavy atom. The molecule has 50 valence electrons. The van der Waals surface area contributed by atoms with Gasteiger partial charge in [0.2, 0.25) is 0 Å². The average Bonchev–Trinajstić information content (AvgIpc) is 1.88. The number of thioether (sulfide) groups is 1. The van der Waals surface area contributed by atoms with E-state index in [1.807, 2.05) is 6.92 Å². The van der Waals surface area contributed by atoms with Gasteiger partial charge in [0.1, 0.15) is 0 Å². The van der Waals surface area contributed by atoms with Gasteiger partial charge in [-0.3, -0.25) is 4.99 Å². The number of nitrogens with zero attached hydrogens (tertiary/aromatic N) is 1. The predicted octanol–water partition coefficient (Wildman–Crippen LogP) is 1.21. The Labute approximate surface area is 59.4 Å². The van der Waals surface area contributed by atoms with Crippen molar-refractivity contribution < 1.29 is 0 Å². The second-order valence-electron chi connectivity index (χ2n) is 1.85. The molecule has 0 amide bonds. The molecule has 0 bridgehead atoms. The minimum atomic E-state index is 1.02. The van der Waals surface area contributed by atoms with E-state index in [2.05, 4.69) is 16.4 Å². The average molecular weight is 142 g/mol.